The number of carboxylic acid groups (broad SMARTS) is 2. The van der Waals surface area contributed by atoms with E-state index < -0.39 is 49.7 Å². The van der Waals surface area contributed by atoms with Gasteiger partial charge >= 0.3 is 25.7 Å². The molecule has 2 aromatic heterocycles. The fraction of sp³-hybridized carbons (Fsp3) is 0.243. The number of esters is 1. The van der Waals surface area contributed by atoms with Gasteiger partial charge in [0.2, 0.25) is 5.95 Å². The topological polar surface area (TPSA) is 270 Å². The predicted octanol–water partition coefficient (Wildman–Crippen LogP) is 5.03. The van der Waals surface area contributed by atoms with Crippen molar-refractivity contribution in [2.75, 3.05) is 23.8 Å². The van der Waals surface area contributed by atoms with E-state index in [9.17, 15) is 33.6 Å². The van der Waals surface area contributed by atoms with Crippen molar-refractivity contribution >= 4 is 60.1 Å². The van der Waals surface area contributed by atoms with Gasteiger partial charge in [0.1, 0.15) is 11.8 Å². The first kappa shape index (κ1) is 41.6. The smallest absolute Gasteiger partial charge is 0.475 e. The fourth-order valence-electron chi connectivity index (χ4n) is 5.09. The number of benzene rings is 3. The number of aliphatic carboxylic acids is 2. The number of hydrogen-bond donors (Lipinski definition) is 6. The highest BCUT2D eigenvalue weighted by Gasteiger charge is 2.25. The van der Waals surface area contributed by atoms with Gasteiger partial charge in [0.25, 0.3) is 11.5 Å². The van der Waals surface area contributed by atoms with Gasteiger partial charge in [-0.15, -0.1) is 0 Å². The molecule has 19 nitrogen and oxygen atoms in total. The van der Waals surface area contributed by atoms with Crippen molar-refractivity contribution < 1.29 is 52.3 Å². The Kier molecular flexibility index (Phi) is 14.1. The van der Waals surface area contributed by atoms with Crippen molar-refractivity contribution in [2.45, 2.75) is 45.9 Å². The number of phosphoric ester groups is 1. The number of aromatic nitrogens is 4. The molecule has 57 heavy (non-hydrogen) atoms. The van der Waals surface area contributed by atoms with E-state index in [1.165, 1.54) is 24.4 Å². The molecule has 5 aromatic rings. The summed E-state index contributed by atoms with van der Waals surface area (Å²) < 4.78 is 33.8. The lowest BCUT2D eigenvalue weighted by Crippen LogP contribution is -2.41. The van der Waals surface area contributed by atoms with Crippen LogP contribution < -0.4 is 26.2 Å². The third kappa shape index (κ3) is 11.7. The Balaban J connectivity index is 1.19. The number of amides is 1. The molecule has 2 heterocycles. The zero-order chi connectivity index (χ0) is 41.0. The van der Waals surface area contributed by atoms with Crippen LogP contribution in [0.4, 0.5) is 17.3 Å². The van der Waals surface area contributed by atoms with Crippen LogP contribution >= 0.6 is 7.82 Å². The van der Waals surface area contributed by atoms with E-state index in [0.29, 0.717) is 16.9 Å². The molecule has 0 fully saturated rings. The number of nitrogens with one attached hydrogen (secondary N) is 4. The van der Waals surface area contributed by atoms with Gasteiger partial charge < -0.3 is 30.9 Å². The van der Waals surface area contributed by atoms with Gasteiger partial charge in [-0.25, -0.2) is 24.1 Å². The summed E-state index contributed by atoms with van der Waals surface area (Å²) in [6.07, 6.45) is 0.746. The number of carbonyl (C=O) groups excluding carboxylic acids is 2. The normalized spacial score (nSPS) is 11.8. The first-order valence-electron chi connectivity index (χ1n) is 17.4. The quantitative estimate of drug-likeness (QED) is 0.0342. The second kappa shape index (κ2) is 19.4. The van der Waals surface area contributed by atoms with Gasteiger partial charge in [0, 0.05) is 17.7 Å². The molecule has 0 saturated heterocycles. The molecule has 5 rings (SSSR count). The molecule has 20 heteroatoms. The first-order valence-corrected chi connectivity index (χ1v) is 18.9. The van der Waals surface area contributed by atoms with Crippen LogP contribution in [-0.2, 0) is 40.9 Å². The van der Waals surface area contributed by atoms with E-state index >= 15 is 0 Å². The number of nitrogens with zero attached hydrogens (tertiary/aromatic N) is 3. The number of anilines is 3. The third-order valence-corrected chi connectivity index (χ3v) is 9.43. The van der Waals surface area contributed by atoms with E-state index in [0.717, 1.165) is 0 Å². The van der Waals surface area contributed by atoms with E-state index in [1.54, 1.807) is 68.4 Å². The molecular weight excluding hydrogens is 765 g/mol. The molecule has 3 aromatic carbocycles. The van der Waals surface area contributed by atoms with Crippen molar-refractivity contribution in [3.8, 4) is 5.75 Å². The standard InChI is InChI=1S/C37H38N7O12P/c1-3-53-57(52,54-4-2)55-21-22-9-15-26(16-10-22)56-36(51)27-7-5-6-8-28(27)42-37-43-32-31(34(48)44-37)40-25(20-39-32)19-38-24-13-11-23(12-14-24)33(47)41-29(35(49)50)17-18-30(45)46/h5-16,20,29,38H,3-4,17-19,21H2,1-2H3,(H,41,47)(H,45,46)(H,49,50)(H2,39,42,43,44,48). The van der Waals surface area contributed by atoms with Crippen LogP contribution in [0.5, 0.6) is 5.75 Å². The Morgan fingerprint density at radius 2 is 1.60 bits per heavy atom. The number of hydrogen-bond acceptors (Lipinski definition) is 15. The summed E-state index contributed by atoms with van der Waals surface area (Å²) in [7, 11) is -3.70. The lowest BCUT2D eigenvalue weighted by molar-refractivity contribution is -0.140. The van der Waals surface area contributed by atoms with Crippen molar-refractivity contribution in [1.29, 1.82) is 0 Å². The zero-order valence-corrected chi connectivity index (χ0v) is 31.5. The maximum Gasteiger partial charge on any atom is 0.475 e. The van der Waals surface area contributed by atoms with Crippen molar-refractivity contribution in [2.24, 2.45) is 0 Å². The number of para-hydroxylation sites is 1. The minimum Gasteiger partial charge on any atom is -0.481 e. The Hall–Kier alpha value is -6.53. The second-order valence-corrected chi connectivity index (χ2v) is 13.6. The van der Waals surface area contributed by atoms with Crippen LogP contribution in [0.3, 0.4) is 0 Å². The van der Waals surface area contributed by atoms with Crippen LogP contribution in [0, 0.1) is 0 Å². The van der Waals surface area contributed by atoms with E-state index in [1.807, 2.05) is 0 Å². The lowest BCUT2D eigenvalue weighted by atomic mass is 10.1. The predicted molar refractivity (Wildman–Crippen MR) is 204 cm³/mol. The van der Waals surface area contributed by atoms with Gasteiger partial charge in [-0.05, 0) is 74.4 Å². The van der Waals surface area contributed by atoms with E-state index in [-0.39, 0.29) is 72.5 Å². The average Bonchev–Trinajstić information content (AvgIpc) is 3.19. The van der Waals surface area contributed by atoms with Crippen LogP contribution in [0.25, 0.3) is 11.2 Å². The maximum absolute atomic E-state index is 13.2. The molecule has 0 aliphatic carbocycles. The number of aromatic amines is 1. The van der Waals surface area contributed by atoms with Gasteiger partial charge in [-0.2, -0.15) is 4.98 Å². The zero-order valence-electron chi connectivity index (χ0n) is 30.6. The Morgan fingerprint density at radius 1 is 0.895 bits per heavy atom. The molecule has 0 aliphatic heterocycles. The molecule has 1 amide bonds. The molecule has 6 N–H and O–H groups in total. The van der Waals surface area contributed by atoms with Crippen molar-refractivity contribution in [3.63, 3.8) is 0 Å². The molecule has 0 saturated carbocycles. The Labute approximate surface area is 324 Å². The highest BCUT2D eigenvalue weighted by atomic mass is 31.2. The Bertz CT molecular complexity index is 2330. The van der Waals surface area contributed by atoms with E-state index in [2.05, 4.69) is 35.9 Å². The van der Waals surface area contributed by atoms with Gasteiger partial charge in [0.15, 0.2) is 11.2 Å². The molecular formula is C37H38N7O12P. The summed E-state index contributed by atoms with van der Waals surface area (Å²) in [5, 5.41) is 26.5. The lowest BCUT2D eigenvalue weighted by Gasteiger charge is -2.16. The van der Waals surface area contributed by atoms with Crippen molar-refractivity contribution in [1.82, 2.24) is 25.3 Å². The summed E-state index contributed by atoms with van der Waals surface area (Å²) in [4.78, 5) is 76.6. The summed E-state index contributed by atoms with van der Waals surface area (Å²) in [6, 6.07) is 17.6. The summed E-state index contributed by atoms with van der Waals surface area (Å²) in [5.74, 6) is -3.66. The molecule has 1 atom stereocenters. The summed E-state index contributed by atoms with van der Waals surface area (Å²) in [6.45, 7) is 3.73. The highest BCUT2D eigenvalue weighted by molar-refractivity contribution is 7.48. The van der Waals surface area contributed by atoms with Crippen LogP contribution in [0.15, 0.2) is 83.8 Å². The first-order chi connectivity index (χ1) is 27.4. The molecule has 1 unspecified atom stereocenters. The van der Waals surface area contributed by atoms with Gasteiger partial charge in [-0.3, -0.25) is 32.9 Å². The molecule has 0 radical (unpaired) electrons. The summed E-state index contributed by atoms with van der Waals surface area (Å²) >= 11 is 0. The summed E-state index contributed by atoms with van der Waals surface area (Å²) in [5.41, 5.74) is 1.60. The average molecular weight is 804 g/mol. The number of carboxylic acids is 2. The number of ether oxygens (including phenoxy) is 1. The largest absolute Gasteiger partial charge is 0.481 e. The number of fused-ring (bicyclic) bond motifs is 1. The number of phosphoric acid groups is 1. The maximum atomic E-state index is 13.2. The minimum absolute atomic E-state index is 0.00522. The molecule has 0 spiro atoms. The van der Waals surface area contributed by atoms with Crippen molar-refractivity contribution in [3.05, 3.63) is 112 Å². The van der Waals surface area contributed by atoms with Crippen LogP contribution in [-0.4, -0.2) is 73.2 Å². The van der Waals surface area contributed by atoms with Crippen LogP contribution in [0.1, 0.15) is 58.7 Å². The SMILES string of the molecule is CCOP(=O)(OCC)OCc1ccc(OC(=O)c2ccccc2Nc2nc3ncc(CNc4ccc(C(=O)NC(CCC(=O)O)C(=O)O)cc4)nc3c(=O)[nH]2)cc1. The van der Waals surface area contributed by atoms with E-state index in [4.69, 9.17) is 23.4 Å². The molecule has 0 aliphatic rings. The number of carbonyl (C=O) groups is 4. The monoisotopic (exact) mass is 803 g/mol. The highest BCUT2D eigenvalue weighted by Crippen LogP contribution is 2.49. The van der Waals surface area contributed by atoms with Gasteiger partial charge in [-0.1, -0.05) is 24.3 Å². The number of rotatable bonds is 20. The van der Waals surface area contributed by atoms with Crippen LogP contribution in [0.2, 0.25) is 0 Å². The second-order valence-electron chi connectivity index (χ2n) is 11.9. The molecule has 0 bridgehead atoms. The van der Waals surface area contributed by atoms with Gasteiger partial charge in [0.05, 0.1) is 49.5 Å². The Morgan fingerprint density at radius 3 is 2.26 bits per heavy atom. The minimum atomic E-state index is -3.70. The molecule has 298 valence electrons. The third-order valence-electron chi connectivity index (χ3n) is 7.84. The number of H-pyrrole nitrogens is 1. The fourth-order valence-corrected chi connectivity index (χ4v) is 6.26.